The summed E-state index contributed by atoms with van der Waals surface area (Å²) >= 11 is 0. The van der Waals surface area contributed by atoms with Crippen molar-refractivity contribution in [1.82, 2.24) is 9.78 Å². The molecular weight excluding hydrogens is 212 g/mol. The number of nitrogens with zero attached hydrogens (tertiary/aromatic N) is 2. The molecule has 96 valence electrons. The number of unbranched alkanes of at least 4 members (excludes halogenated alkanes) is 1. The molecule has 0 bridgehead atoms. The number of rotatable bonds is 5. The first-order valence-corrected chi connectivity index (χ1v) is 7.00. The van der Waals surface area contributed by atoms with Crippen molar-refractivity contribution in [3.63, 3.8) is 0 Å². The van der Waals surface area contributed by atoms with Gasteiger partial charge in [0.1, 0.15) is 0 Å². The molecule has 0 saturated heterocycles. The SMILES string of the molecule is CCCCOc1nn(C2CCCCC2)cc1C. The van der Waals surface area contributed by atoms with Gasteiger partial charge in [-0.15, -0.1) is 5.10 Å². The highest BCUT2D eigenvalue weighted by Crippen LogP contribution is 2.29. The predicted molar refractivity (Wildman–Crippen MR) is 69.5 cm³/mol. The van der Waals surface area contributed by atoms with Crippen molar-refractivity contribution < 1.29 is 4.74 Å². The second-order valence-electron chi connectivity index (χ2n) is 5.09. The highest BCUT2D eigenvalue weighted by molar-refractivity contribution is 5.21. The van der Waals surface area contributed by atoms with Crippen molar-refractivity contribution in [1.29, 1.82) is 0 Å². The van der Waals surface area contributed by atoms with E-state index in [4.69, 9.17) is 4.74 Å². The second kappa shape index (κ2) is 6.08. The Morgan fingerprint density at radius 2 is 2.12 bits per heavy atom. The summed E-state index contributed by atoms with van der Waals surface area (Å²) in [6, 6.07) is 0.603. The normalized spacial score (nSPS) is 17.3. The van der Waals surface area contributed by atoms with Crippen molar-refractivity contribution in [2.45, 2.75) is 64.8 Å². The zero-order valence-corrected chi connectivity index (χ0v) is 11.1. The predicted octanol–water partition coefficient (Wildman–Crippen LogP) is 3.88. The summed E-state index contributed by atoms with van der Waals surface area (Å²) in [5, 5.41) is 4.60. The maximum absolute atomic E-state index is 5.72. The molecule has 1 fully saturated rings. The van der Waals surface area contributed by atoms with Crippen LogP contribution >= 0.6 is 0 Å². The van der Waals surface area contributed by atoms with Gasteiger partial charge in [0.15, 0.2) is 0 Å². The first kappa shape index (κ1) is 12.5. The molecule has 1 saturated carbocycles. The van der Waals surface area contributed by atoms with E-state index in [-0.39, 0.29) is 0 Å². The van der Waals surface area contributed by atoms with Gasteiger partial charge in [-0.1, -0.05) is 32.6 Å². The lowest BCUT2D eigenvalue weighted by atomic mass is 9.96. The fourth-order valence-corrected chi connectivity index (χ4v) is 2.45. The van der Waals surface area contributed by atoms with Crippen molar-refractivity contribution >= 4 is 0 Å². The van der Waals surface area contributed by atoms with Crippen LogP contribution in [0.15, 0.2) is 6.20 Å². The minimum Gasteiger partial charge on any atom is -0.476 e. The Balaban J connectivity index is 1.96. The Morgan fingerprint density at radius 3 is 2.82 bits per heavy atom. The molecule has 0 spiro atoms. The molecule has 1 aromatic rings. The van der Waals surface area contributed by atoms with E-state index in [0.717, 1.165) is 18.9 Å². The van der Waals surface area contributed by atoms with E-state index in [1.54, 1.807) is 0 Å². The molecule has 1 aliphatic carbocycles. The van der Waals surface area contributed by atoms with E-state index in [9.17, 15) is 0 Å². The van der Waals surface area contributed by atoms with Crippen LogP contribution in [0.1, 0.15) is 63.5 Å². The monoisotopic (exact) mass is 236 g/mol. The minimum absolute atomic E-state index is 0.603. The molecule has 2 rings (SSSR count). The van der Waals surface area contributed by atoms with Gasteiger partial charge in [0.25, 0.3) is 0 Å². The van der Waals surface area contributed by atoms with E-state index in [0.29, 0.717) is 6.04 Å². The van der Waals surface area contributed by atoms with Crippen LogP contribution in [0.25, 0.3) is 0 Å². The average molecular weight is 236 g/mol. The van der Waals surface area contributed by atoms with Gasteiger partial charge in [-0.2, -0.15) is 0 Å². The third kappa shape index (κ3) is 3.24. The van der Waals surface area contributed by atoms with Crippen molar-refractivity contribution in [3.8, 4) is 5.88 Å². The molecule has 0 amide bonds. The number of aryl methyl sites for hydroxylation is 1. The first-order valence-electron chi connectivity index (χ1n) is 7.00. The van der Waals surface area contributed by atoms with Gasteiger partial charge in [0, 0.05) is 11.8 Å². The van der Waals surface area contributed by atoms with Crippen molar-refractivity contribution in [2.24, 2.45) is 0 Å². The van der Waals surface area contributed by atoms with Gasteiger partial charge >= 0.3 is 0 Å². The molecule has 1 aliphatic rings. The van der Waals surface area contributed by atoms with E-state index in [2.05, 4.69) is 29.8 Å². The zero-order valence-electron chi connectivity index (χ0n) is 11.1. The van der Waals surface area contributed by atoms with Gasteiger partial charge in [0.2, 0.25) is 5.88 Å². The van der Waals surface area contributed by atoms with E-state index in [1.165, 1.54) is 44.1 Å². The molecule has 0 N–H and O–H groups in total. The van der Waals surface area contributed by atoms with Crippen LogP contribution in [0, 0.1) is 6.92 Å². The number of hydrogen-bond donors (Lipinski definition) is 0. The molecule has 1 heterocycles. The third-order valence-corrected chi connectivity index (χ3v) is 3.56. The molecule has 0 aliphatic heterocycles. The van der Waals surface area contributed by atoms with Crippen LogP contribution in [0.2, 0.25) is 0 Å². The number of hydrogen-bond acceptors (Lipinski definition) is 2. The highest BCUT2D eigenvalue weighted by atomic mass is 16.5. The second-order valence-corrected chi connectivity index (χ2v) is 5.09. The minimum atomic E-state index is 0.603. The summed E-state index contributed by atoms with van der Waals surface area (Å²) < 4.78 is 7.85. The molecule has 3 heteroatoms. The topological polar surface area (TPSA) is 27.1 Å². The Kier molecular flexibility index (Phi) is 4.46. The summed E-state index contributed by atoms with van der Waals surface area (Å²) in [5.41, 5.74) is 1.17. The molecule has 1 aromatic heterocycles. The van der Waals surface area contributed by atoms with Crippen LogP contribution in [-0.2, 0) is 0 Å². The molecule has 0 radical (unpaired) electrons. The summed E-state index contributed by atoms with van der Waals surface area (Å²) in [6.07, 6.45) is 11.0. The fourth-order valence-electron chi connectivity index (χ4n) is 2.45. The third-order valence-electron chi connectivity index (χ3n) is 3.56. The van der Waals surface area contributed by atoms with Gasteiger partial charge < -0.3 is 4.74 Å². The van der Waals surface area contributed by atoms with Crippen LogP contribution in [0.3, 0.4) is 0 Å². The summed E-state index contributed by atoms with van der Waals surface area (Å²) in [7, 11) is 0. The molecule has 0 atom stereocenters. The number of ether oxygens (including phenoxy) is 1. The quantitative estimate of drug-likeness (QED) is 0.725. The Hall–Kier alpha value is -0.990. The lowest BCUT2D eigenvalue weighted by molar-refractivity contribution is 0.279. The van der Waals surface area contributed by atoms with E-state index < -0.39 is 0 Å². The van der Waals surface area contributed by atoms with Crippen LogP contribution in [0.4, 0.5) is 0 Å². The summed E-state index contributed by atoms with van der Waals surface area (Å²) in [4.78, 5) is 0. The number of aromatic nitrogens is 2. The lowest BCUT2D eigenvalue weighted by Crippen LogP contribution is -2.13. The van der Waals surface area contributed by atoms with Gasteiger partial charge in [-0.05, 0) is 26.2 Å². The van der Waals surface area contributed by atoms with Gasteiger partial charge in [-0.25, -0.2) is 0 Å². The Labute approximate surface area is 104 Å². The highest BCUT2D eigenvalue weighted by Gasteiger charge is 2.17. The Morgan fingerprint density at radius 1 is 1.35 bits per heavy atom. The van der Waals surface area contributed by atoms with Crippen LogP contribution < -0.4 is 4.74 Å². The smallest absolute Gasteiger partial charge is 0.235 e. The largest absolute Gasteiger partial charge is 0.476 e. The molecule has 3 nitrogen and oxygen atoms in total. The van der Waals surface area contributed by atoms with Crippen molar-refractivity contribution in [3.05, 3.63) is 11.8 Å². The first-order chi connectivity index (χ1) is 8.31. The summed E-state index contributed by atoms with van der Waals surface area (Å²) in [5.74, 6) is 0.837. The van der Waals surface area contributed by atoms with Crippen molar-refractivity contribution in [2.75, 3.05) is 6.61 Å². The molecular formula is C14H24N2O. The van der Waals surface area contributed by atoms with Gasteiger partial charge in [-0.3, -0.25) is 4.68 Å². The maximum Gasteiger partial charge on any atom is 0.235 e. The standard InChI is InChI=1S/C14H24N2O/c1-3-4-10-17-14-12(2)11-16(15-14)13-8-6-5-7-9-13/h11,13H,3-10H2,1-2H3. The molecule has 0 unspecified atom stereocenters. The fraction of sp³-hybridized carbons (Fsp3) is 0.786. The zero-order chi connectivity index (χ0) is 12.1. The molecule has 0 aromatic carbocycles. The van der Waals surface area contributed by atoms with Crippen LogP contribution in [0.5, 0.6) is 5.88 Å². The Bertz CT molecular complexity index is 340. The van der Waals surface area contributed by atoms with Crippen LogP contribution in [-0.4, -0.2) is 16.4 Å². The summed E-state index contributed by atoms with van der Waals surface area (Å²) in [6.45, 7) is 5.06. The lowest BCUT2D eigenvalue weighted by Gasteiger charge is -2.21. The average Bonchev–Trinajstić information content (AvgIpc) is 2.73. The van der Waals surface area contributed by atoms with E-state index in [1.807, 2.05) is 0 Å². The van der Waals surface area contributed by atoms with E-state index >= 15 is 0 Å². The van der Waals surface area contributed by atoms with Gasteiger partial charge in [0.05, 0.1) is 12.6 Å². The molecule has 17 heavy (non-hydrogen) atoms. The maximum atomic E-state index is 5.72.